The zero-order chi connectivity index (χ0) is 20.2. The summed E-state index contributed by atoms with van der Waals surface area (Å²) >= 11 is 0. The Balaban J connectivity index is 1.25. The summed E-state index contributed by atoms with van der Waals surface area (Å²) in [6.07, 6.45) is 10.7. The molecule has 0 aromatic heterocycles. The lowest BCUT2D eigenvalue weighted by atomic mass is 9.45. The van der Waals surface area contributed by atoms with Gasteiger partial charge in [-0.25, -0.2) is 0 Å². The van der Waals surface area contributed by atoms with Gasteiger partial charge in [0, 0.05) is 30.7 Å². The summed E-state index contributed by atoms with van der Waals surface area (Å²) in [5.41, 5.74) is -0.0116. The van der Waals surface area contributed by atoms with Crippen molar-refractivity contribution >= 4 is 11.6 Å². The van der Waals surface area contributed by atoms with Crippen LogP contribution in [-0.2, 0) is 14.3 Å². The van der Waals surface area contributed by atoms with Crippen LogP contribution in [0, 0.1) is 34.5 Å². The second-order valence-corrected chi connectivity index (χ2v) is 11.3. The highest BCUT2D eigenvalue weighted by Gasteiger charge is 2.62. The molecule has 1 saturated heterocycles. The summed E-state index contributed by atoms with van der Waals surface area (Å²) in [7, 11) is 0. The molecule has 4 nitrogen and oxygen atoms in total. The van der Waals surface area contributed by atoms with Gasteiger partial charge in [0.2, 0.25) is 0 Å². The molecular formula is C25H39NO3. The highest BCUT2D eigenvalue weighted by Crippen LogP contribution is 2.64. The Bertz CT molecular complexity index is 671. The van der Waals surface area contributed by atoms with E-state index in [4.69, 9.17) is 4.74 Å². The first-order valence-electron chi connectivity index (χ1n) is 12.3. The predicted molar refractivity (Wildman–Crippen MR) is 113 cm³/mol. The van der Waals surface area contributed by atoms with Gasteiger partial charge in [-0.05, 0) is 87.6 Å². The lowest BCUT2D eigenvalue weighted by Gasteiger charge is -2.59. The Labute approximate surface area is 176 Å². The summed E-state index contributed by atoms with van der Waals surface area (Å²) in [6, 6.07) is 0. The van der Waals surface area contributed by atoms with Gasteiger partial charge in [0.1, 0.15) is 11.6 Å². The number of nitrogens with zero attached hydrogens (tertiary/aromatic N) is 1. The molecular weight excluding hydrogens is 362 g/mol. The normalized spacial score (nSPS) is 47.7. The molecule has 0 spiro atoms. The van der Waals surface area contributed by atoms with Gasteiger partial charge in [-0.15, -0.1) is 0 Å². The van der Waals surface area contributed by atoms with Crippen LogP contribution in [0.25, 0.3) is 0 Å². The average molecular weight is 402 g/mol. The second kappa shape index (κ2) is 7.44. The third-order valence-corrected chi connectivity index (χ3v) is 10.1. The van der Waals surface area contributed by atoms with Crippen molar-refractivity contribution in [3.05, 3.63) is 0 Å². The fraction of sp³-hybridized carbons (Fsp3) is 0.920. The molecule has 4 heteroatoms. The SMILES string of the molecule is C[C@]12CC[C@H](OCCN3CCCC3)CC1C(=O)CC1C2CC[C@]2(C)C(=O)CCC12. The predicted octanol–water partition coefficient (Wildman–Crippen LogP) is 4.26. The maximum atomic E-state index is 13.3. The molecule has 5 aliphatic rings. The van der Waals surface area contributed by atoms with E-state index in [2.05, 4.69) is 18.7 Å². The smallest absolute Gasteiger partial charge is 0.139 e. The van der Waals surface area contributed by atoms with Crippen LogP contribution in [0.15, 0.2) is 0 Å². The Hall–Kier alpha value is -0.740. The molecule has 1 aliphatic heterocycles. The molecule has 0 bridgehead atoms. The minimum Gasteiger partial charge on any atom is -0.377 e. The number of rotatable bonds is 4. The molecule has 5 fully saturated rings. The van der Waals surface area contributed by atoms with Crippen LogP contribution < -0.4 is 0 Å². The zero-order valence-electron chi connectivity index (χ0n) is 18.5. The van der Waals surface area contributed by atoms with Gasteiger partial charge < -0.3 is 9.64 Å². The van der Waals surface area contributed by atoms with Gasteiger partial charge in [0.05, 0.1) is 12.7 Å². The number of carbonyl (C=O) groups excluding carboxylic acids is 2. The van der Waals surface area contributed by atoms with Crippen molar-refractivity contribution in [1.82, 2.24) is 4.90 Å². The molecule has 4 saturated carbocycles. The van der Waals surface area contributed by atoms with E-state index in [1.807, 2.05) is 0 Å². The number of hydrogen-bond donors (Lipinski definition) is 0. The molecule has 29 heavy (non-hydrogen) atoms. The van der Waals surface area contributed by atoms with Crippen molar-refractivity contribution in [2.45, 2.75) is 84.2 Å². The van der Waals surface area contributed by atoms with E-state index in [1.54, 1.807) is 0 Å². The standard InChI is InChI=1S/C25H39NO3/c1-24-9-7-17(29-14-13-26-11-3-4-12-26)15-21(24)22(27)16-18-19-5-6-23(28)25(19,2)10-8-20(18)24/h17-21H,3-16H2,1-2H3/t17-,18?,19?,20?,21?,24+,25-/m0/s1. The van der Waals surface area contributed by atoms with Crippen molar-refractivity contribution in [1.29, 1.82) is 0 Å². The number of likely N-dealkylation sites (tertiary alicyclic amines) is 1. The largest absolute Gasteiger partial charge is 0.377 e. The third kappa shape index (κ3) is 3.24. The first-order chi connectivity index (χ1) is 13.9. The van der Waals surface area contributed by atoms with E-state index in [-0.39, 0.29) is 22.9 Å². The molecule has 162 valence electrons. The Kier molecular flexibility index (Phi) is 5.18. The maximum absolute atomic E-state index is 13.3. The molecule has 0 amide bonds. The summed E-state index contributed by atoms with van der Waals surface area (Å²) in [5.74, 6) is 2.64. The van der Waals surface area contributed by atoms with E-state index < -0.39 is 0 Å². The van der Waals surface area contributed by atoms with Gasteiger partial charge in [-0.2, -0.15) is 0 Å². The topological polar surface area (TPSA) is 46.6 Å². The van der Waals surface area contributed by atoms with Gasteiger partial charge in [-0.3, -0.25) is 9.59 Å². The zero-order valence-corrected chi connectivity index (χ0v) is 18.5. The molecule has 7 atom stereocenters. The summed E-state index contributed by atoms with van der Waals surface area (Å²) in [6.45, 7) is 8.92. The molecule has 0 N–H and O–H groups in total. The number of ketones is 2. The van der Waals surface area contributed by atoms with Crippen LogP contribution in [0.4, 0.5) is 0 Å². The van der Waals surface area contributed by atoms with E-state index in [0.717, 1.165) is 64.5 Å². The van der Waals surface area contributed by atoms with E-state index in [0.29, 0.717) is 29.3 Å². The van der Waals surface area contributed by atoms with Gasteiger partial charge in [0.15, 0.2) is 0 Å². The van der Waals surface area contributed by atoms with Crippen molar-refractivity contribution in [2.75, 3.05) is 26.2 Å². The van der Waals surface area contributed by atoms with Crippen molar-refractivity contribution in [3.63, 3.8) is 0 Å². The Morgan fingerprint density at radius 1 is 1.03 bits per heavy atom. The molecule has 0 aromatic carbocycles. The highest BCUT2D eigenvalue weighted by atomic mass is 16.5. The van der Waals surface area contributed by atoms with Crippen LogP contribution in [0.5, 0.6) is 0 Å². The van der Waals surface area contributed by atoms with Crippen molar-refractivity contribution in [3.8, 4) is 0 Å². The molecule has 0 radical (unpaired) electrons. The van der Waals surface area contributed by atoms with Crippen LogP contribution in [0.1, 0.15) is 78.1 Å². The van der Waals surface area contributed by atoms with Gasteiger partial charge in [-0.1, -0.05) is 13.8 Å². The number of Topliss-reactive ketones (excluding diaryl/α,β-unsaturated/α-hetero) is 2. The van der Waals surface area contributed by atoms with Crippen LogP contribution in [0.3, 0.4) is 0 Å². The Morgan fingerprint density at radius 2 is 1.83 bits per heavy atom. The van der Waals surface area contributed by atoms with Crippen LogP contribution in [0.2, 0.25) is 0 Å². The van der Waals surface area contributed by atoms with E-state index in [1.165, 1.54) is 25.9 Å². The first kappa shape index (κ1) is 20.2. The van der Waals surface area contributed by atoms with Crippen LogP contribution in [-0.4, -0.2) is 48.8 Å². The minimum absolute atomic E-state index is 0.127. The monoisotopic (exact) mass is 401 g/mol. The molecule has 4 unspecified atom stereocenters. The number of ether oxygens (including phenoxy) is 1. The Morgan fingerprint density at radius 3 is 2.62 bits per heavy atom. The van der Waals surface area contributed by atoms with Gasteiger partial charge in [0.25, 0.3) is 0 Å². The highest BCUT2D eigenvalue weighted by molar-refractivity contribution is 5.88. The van der Waals surface area contributed by atoms with Gasteiger partial charge >= 0.3 is 0 Å². The van der Waals surface area contributed by atoms with E-state index >= 15 is 0 Å². The fourth-order valence-corrected chi connectivity index (χ4v) is 8.28. The summed E-state index contributed by atoms with van der Waals surface area (Å²) < 4.78 is 6.28. The summed E-state index contributed by atoms with van der Waals surface area (Å²) in [5, 5.41) is 0. The quantitative estimate of drug-likeness (QED) is 0.706. The maximum Gasteiger partial charge on any atom is 0.139 e. The van der Waals surface area contributed by atoms with Crippen molar-refractivity contribution in [2.24, 2.45) is 34.5 Å². The molecule has 5 rings (SSSR count). The number of fused-ring (bicyclic) bond motifs is 5. The minimum atomic E-state index is -0.138. The second-order valence-electron chi connectivity index (χ2n) is 11.3. The molecule has 4 aliphatic carbocycles. The van der Waals surface area contributed by atoms with Crippen molar-refractivity contribution < 1.29 is 14.3 Å². The lowest BCUT2D eigenvalue weighted by Crippen LogP contribution is -2.57. The average Bonchev–Trinajstić information content (AvgIpc) is 3.31. The number of carbonyl (C=O) groups is 2. The lowest BCUT2D eigenvalue weighted by molar-refractivity contribution is -0.163. The summed E-state index contributed by atoms with van der Waals surface area (Å²) in [4.78, 5) is 28.4. The van der Waals surface area contributed by atoms with E-state index in [9.17, 15) is 9.59 Å². The van der Waals surface area contributed by atoms with Crippen LogP contribution >= 0.6 is 0 Å². The molecule has 1 heterocycles. The third-order valence-electron chi connectivity index (χ3n) is 10.1. The molecule has 0 aromatic rings. The number of hydrogen-bond acceptors (Lipinski definition) is 4. The fourth-order valence-electron chi connectivity index (χ4n) is 8.28. The first-order valence-corrected chi connectivity index (χ1v) is 12.3.